The molecule has 0 spiro atoms. The van der Waals surface area contributed by atoms with Crippen molar-refractivity contribution in [3.05, 3.63) is 11.1 Å². The maximum atomic E-state index is 3.53. The van der Waals surface area contributed by atoms with Crippen molar-refractivity contribution in [3.8, 4) is 0 Å². The Bertz CT molecular complexity index is 129. The highest BCUT2D eigenvalue weighted by molar-refractivity contribution is 9.09. The lowest BCUT2D eigenvalue weighted by atomic mass is 10.5. The second-order valence-corrected chi connectivity index (χ2v) is 3.41. The second kappa shape index (κ2) is 1.13. The van der Waals surface area contributed by atoms with Crippen LogP contribution in [0.3, 0.4) is 0 Å². The zero-order chi connectivity index (χ0) is 4.85. The van der Waals surface area contributed by atoms with Gasteiger partial charge in [-0.3, -0.25) is 0 Å². The van der Waals surface area contributed by atoms with E-state index in [0.29, 0.717) is 0 Å². The van der Waals surface area contributed by atoms with E-state index in [9.17, 15) is 0 Å². The Morgan fingerprint density at radius 3 is 2.14 bits per heavy atom. The molecule has 1 unspecified atom stereocenters. The van der Waals surface area contributed by atoms with Gasteiger partial charge in [-0.1, -0.05) is 27.1 Å². The lowest BCUT2D eigenvalue weighted by Crippen LogP contribution is -1.52. The molecule has 1 atom stereocenters. The van der Waals surface area contributed by atoms with Crippen LogP contribution in [-0.4, -0.2) is 4.83 Å². The molecular formula is C6H7Br. The van der Waals surface area contributed by atoms with Gasteiger partial charge in [0, 0.05) is 4.83 Å². The van der Waals surface area contributed by atoms with Crippen molar-refractivity contribution in [2.45, 2.75) is 24.1 Å². The van der Waals surface area contributed by atoms with Gasteiger partial charge < -0.3 is 0 Å². The summed E-state index contributed by atoms with van der Waals surface area (Å²) in [6, 6.07) is 0. The Balaban J connectivity index is 2.22. The van der Waals surface area contributed by atoms with Gasteiger partial charge in [0.05, 0.1) is 0 Å². The fraction of sp³-hybridized carbons (Fsp3) is 0.667. The standard InChI is InChI=1S/C6H7Br/c7-6-3-5(6)4-1-2-4/h6H,1-3H2. The molecule has 0 aliphatic heterocycles. The first-order valence-electron chi connectivity index (χ1n) is 2.73. The minimum atomic E-state index is 0.796. The van der Waals surface area contributed by atoms with Crippen molar-refractivity contribution in [1.82, 2.24) is 0 Å². The number of alkyl halides is 1. The highest BCUT2D eigenvalue weighted by atomic mass is 79.9. The molecule has 2 rings (SSSR count). The summed E-state index contributed by atoms with van der Waals surface area (Å²) < 4.78 is 0. The summed E-state index contributed by atoms with van der Waals surface area (Å²) in [6.45, 7) is 0. The average molecular weight is 159 g/mol. The molecule has 0 bridgehead atoms. The van der Waals surface area contributed by atoms with Crippen LogP contribution in [0, 0.1) is 0 Å². The van der Waals surface area contributed by atoms with Gasteiger partial charge in [0.1, 0.15) is 0 Å². The van der Waals surface area contributed by atoms with Gasteiger partial charge >= 0.3 is 0 Å². The predicted octanol–water partition coefficient (Wildman–Crippen LogP) is 2.24. The molecule has 38 valence electrons. The third-order valence-electron chi connectivity index (χ3n) is 1.57. The summed E-state index contributed by atoms with van der Waals surface area (Å²) in [5.41, 5.74) is 3.45. The summed E-state index contributed by atoms with van der Waals surface area (Å²) in [7, 11) is 0. The van der Waals surface area contributed by atoms with Crippen molar-refractivity contribution in [3.63, 3.8) is 0 Å². The van der Waals surface area contributed by atoms with E-state index in [-0.39, 0.29) is 0 Å². The van der Waals surface area contributed by atoms with E-state index < -0.39 is 0 Å². The normalized spacial score (nSPS) is 36.4. The molecule has 2 aliphatic rings. The highest BCUT2D eigenvalue weighted by Gasteiger charge is 2.33. The van der Waals surface area contributed by atoms with E-state index in [1.54, 1.807) is 11.1 Å². The molecule has 2 saturated carbocycles. The van der Waals surface area contributed by atoms with E-state index >= 15 is 0 Å². The van der Waals surface area contributed by atoms with Gasteiger partial charge in [0.15, 0.2) is 0 Å². The van der Waals surface area contributed by atoms with Crippen LogP contribution < -0.4 is 0 Å². The Morgan fingerprint density at radius 2 is 2.00 bits per heavy atom. The first-order valence-corrected chi connectivity index (χ1v) is 3.64. The summed E-state index contributed by atoms with van der Waals surface area (Å²) in [6.07, 6.45) is 4.14. The van der Waals surface area contributed by atoms with E-state index in [1.165, 1.54) is 19.3 Å². The van der Waals surface area contributed by atoms with Crippen molar-refractivity contribution >= 4 is 15.9 Å². The number of hydrogen-bond acceptors (Lipinski definition) is 0. The van der Waals surface area contributed by atoms with Crippen molar-refractivity contribution in [2.75, 3.05) is 0 Å². The topological polar surface area (TPSA) is 0 Å². The minimum Gasteiger partial charge on any atom is -0.0839 e. The zero-order valence-corrected chi connectivity index (χ0v) is 5.66. The average Bonchev–Trinajstić information content (AvgIpc) is 2.23. The van der Waals surface area contributed by atoms with Crippen LogP contribution >= 0.6 is 15.9 Å². The van der Waals surface area contributed by atoms with Gasteiger partial charge in [-0.25, -0.2) is 0 Å². The van der Waals surface area contributed by atoms with E-state index in [4.69, 9.17) is 0 Å². The lowest BCUT2D eigenvalue weighted by Gasteiger charge is -1.64. The molecule has 2 aliphatic carbocycles. The van der Waals surface area contributed by atoms with Crippen LogP contribution in [0.5, 0.6) is 0 Å². The van der Waals surface area contributed by atoms with Crippen LogP contribution in [-0.2, 0) is 0 Å². The number of hydrogen-bond donors (Lipinski definition) is 0. The molecule has 0 heterocycles. The largest absolute Gasteiger partial charge is 0.0839 e. The third-order valence-corrected chi connectivity index (χ3v) is 2.45. The Hall–Kier alpha value is 0.220. The third kappa shape index (κ3) is 0.634. The molecule has 0 aromatic carbocycles. The SMILES string of the molecule is BrC1CC1=C1CC1. The molecule has 0 N–H and O–H groups in total. The van der Waals surface area contributed by atoms with Crippen LogP contribution in [0.2, 0.25) is 0 Å². The quantitative estimate of drug-likeness (QED) is 0.375. The Labute approximate surface area is 51.7 Å². The summed E-state index contributed by atoms with van der Waals surface area (Å²) in [5, 5.41) is 0. The molecule has 0 nitrogen and oxygen atoms in total. The molecule has 0 amide bonds. The van der Waals surface area contributed by atoms with Crippen molar-refractivity contribution < 1.29 is 0 Å². The van der Waals surface area contributed by atoms with E-state index in [1.807, 2.05) is 0 Å². The summed E-state index contributed by atoms with van der Waals surface area (Å²) >= 11 is 3.53. The second-order valence-electron chi connectivity index (χ2n) is 2.30. The van der Waals surface area contributed by atoms with E-state index in [0.717, 1.165) is 4.83 Å². The summed E-state index contributed by atoms with van der Waals surface area (Å²) in [5.74, 6) is 0. The molecule has 0 aromatic rings. The van der Waals surface area contributed by atoms with Crippen LogP contribution in [0.15, 0.2) is 11.1 Å². The number of halogens is 1. The highest BCUT2D eigenvalue weighted by Crippen LogP contribution is 2.47. The van der Waals surface area contributed by atoms with Crippen LogP contribution in [0.4, 0.5) is 0 Å². The van der Waals surface area contributed by atoms with Crippen molar-refractivity contribution in [1.29, 1.82) is 0 Å². The summed E-state index contributed by atoms with van der Waals surface area (Å²) in [4.78, 5) is 0.796. The van der Waals surface area contributed by atoms with Gasteiger partial charge in [-0.2, -0.15) is 0 Å². The number of allylic oxidation sites excluding steroid dienone is 2. The first kappa shape index (κ1) is 4.13. The van der Waals surface area contributed by atoms with Gasteiger partial charge in [-0.15, -0.1) is 0 Å². The van der Waals surface area contributed by atoms with Crippen LogP contribution in [0.1, 0.15) is 19.3 Å². The smallest absolute Gasteiger partial charge is 0.0395 e. The molecular weight excluding hydrogens is 152 g/mol. The van der Waals surface area contributed by atoms with Gasteiger partial charge in [-0.05, 0) is 19.3 Å². The van der Waals surface area contributed by atoms with Gasteiger partial charge in [0.25, 0.3) is 0 Å². The van der Waals surface area contributed by atoms with E-state index in [2.05, 4.69) is 15.9 Å². The van der Waals surface area contributed by atoms with Gasteiger partial charge in [0.2, 0.25) is 0 Å². The monoisotopic (exact) mass is 158 g/mol. The molecule has 0 radical (unpaired) electrons. The Morgan fingerprint density at radius 1 is 1.43 bits per heavy atom. The molecule has 0 aromatic heterocycles. The lowest BCUT2D eigenvalue weighted by molar-refractivity contribution is 1.50. The van der Waals surface area contributed by atoms with Crippen molar-refractivity contribution in [2.24, 2.45) is 0 Å². The first-order chi connectivity index (χ1) is 3.38. The minimum absolute atomic E-state index is 0.796. The Kier molecular flexibility index (Phi) is 0.670. The maximum Gasteiger partial charge on any atom is 0.0395 e. The number of rotatable bonds is 0. The maximum absolute atomic E-state index is 3.53. The molecule has 2 fully saturated rings. The van der Waals surface area contributed by atoms with Crippen LogP contribution in [0.25, 0.3) is 0 Å². The fourth-order valence-corrected chi connectivity index (χ4v) is 1.56. The molecule has 0 saturated heterocycles. The molecule has 7 heavy (non-hydrogen) atoms. The zero-order valence-electron chi connectivity index (χ0n) is 4.08. The molecule has 1 heteroatoms. The predicted molar refractivity (Wildman–Crippen MR) is 33.6 cm³/mol. The fourth-order valence-electron chi connectivity index (χ4n) is 0.884.